The van der Waals surface area contributed by atoms with Crippen molar-refractivity contribution in [2.45, 2.75) is 25.3 Å². The Labute approximate surface area is 226 Å². The van der Waals surface area contributed by atoms with E-state index in [-0.39, 0.29) is 11.4 Å². The lowest BCUT2D eigenvalue weighted by atomic mass is 9.91. The van der Waals surface area contributed by atoms with Crippen molar-refractivity contribution in [3.63, 3.8) is 0 Å². The van der Waals surface area contributed by atoms with Gasteiger partial charge in [-0.25, -0.2) is 9.18 Å². The van der Waals surface area contributed by atoms with Gasteiger partial charge in [0.05, 0.1) is 10.7 Å². The van der Waals surface area contributed by atoms with Gasteiger partial charge in [0.1, 0.15) is 11.6 Å². The lowest BCUT2D eigenvalue weighted by molar-refractivity contribution is 0.120. The van der Waals surface area contributed by atoms with Gasteiger partial charge in [0.25, 0.3) is 0 Å². The quantitative estimate of drug-likeness (QED) is 0.359. The van der Waals surface area contributed by atoms with Crippen LogP contribution in [0.2, 0.25) is 5.02 Å². The molecule has 1 N–H and O–H groups in total. The van der Waals surface area contributed by atoms with Crippen LogP contribution in [0.15, 0.2) is 71.8 Å². The summed E-state index contributed by atoms with van der Waals surface area (Å²) in [4.78, 5) is 17.3. The minimum Gasteiger partial charge on any atom is -0.507 e. The number of benzene rings is 3. The summed E-state index contributed by atoms with van der Waals surface area (Å²) in [5, 5.41) is 11.6. The van der Waals surface area contributed by atoms with E-state index in [0.29, 0.717) is 27.4 Å². The van der Waals surface area contributed by atoms with Gasteiger partial charge >= 0.3 is 5.69 Å². The first kappa shape index (κ1) is 24.8. The molecule has 1 aliphatic heterocycles. The highest BCUT2D eigenvalue weighted by Gasteiger charge is 2.28. The Hall–Kier alpha value is -3.55. The van der Waals surface area contributed by atoms with Crippen LogP contribution in [0.1, 0.15) is 19.3 Å². The molecule has 1 aromatic heterocycles. The molecule has 2 aliphatic rings. The molecule has 8 heteroatoms. The summed E-state index contributed by atoms with van der Waals surface area (Å²) in [6, 6.07) is 16.5. The third kappa shape index (κ3) is 4.50. The zero-order chi connectivity index (χ0) is 26.4. The number of nitrogens with zero attached hydrogens (tertiary/aromatic N) is 4. The molecule has 2 fully saturated rings. The number of anilines is 1. The van der Waals surface area contributed by atoms with Crippen molar-refractivity contribution in [3.05, 3.63) is 88.3 Å². The fourth-order valence-electron chi connectivity index (χ4n) is 5.52. The van der Waals surface area contributed by atoms with Crippen molar-refractivity contribution in [1.29, 1.82) is 0 Å². The van der Waals surface area contributed by atoms with Crippen molar-refractivity contribution < 1.29 is 9.50 Å². The molecule has 0 amide bonds. The number of hydrogen-bond donors (Lipinski definition) is 1. The highest BCUT2D eigenvalue weighted by Crippen LogP contribution is 2.41. The van der Waals surface area contributed by atoms with Crippen molar-refractivity contribution in [1.82, 2.24) is 14.0 Å². The average Bonchev–Trinajstić information content (AvgIpc) is 3.22. The third-order valence-corrected chi connectivity index (χ3v) is 8.27. The van der Waals surface area contributed by atoms with E-state index in [1.807, 2.05) is 18.2 Å². The first-order chi connectivity index (χ1) is 18.4. The minimum atomic E-state index is -0.452. The molecular weight excluding hydrogens is 503 g/mol. The second kappa shape index (κ2) is 9.97. The molecule has 4 aromatic rings. The Balaban J connectivity index is 1.30. The first-order valence-corrected chi connectivity index (χ1v) is 13.4. The van der Waals surface area contributed by atoms with Gasteiger partial charge in [-0.15, -0.1) is 0 Å². The van der Waals surface area contributed by atoms with Gasteiger partial charge in [0.2, 0.25) is 0 Å². The maximum atomic E-state index is 14.9. The summed E-state index contributed by atoms with van der Waals surface area (Å²) in [6.45, 7) is 4.01. The second-order valence-corrected chi connectivity index (χ2v) is 10.6. The molecule has 6 rings (SSSR count). The molecule has 1 aliphatic carbocycles. The van der Waals surface area contributed by atoms with Crippen molar-refractivity contribution in [3.8, 4) is 33.7 Å². The lowest BCUT2D eigenvalue weighted by Crippen LogP contribution is -2.52. The fraction of sp³-hybridized carbons (Fsp3) is 0.300. The van der Waals surface area contributed by atoms with Crippen LogP contribution in [0.4, 0.5) is 10.1 Å². The highest BCUT2D eigenvalue weighted by molar-refractivity contribution is 6.32. The summed E-state index contributed by atoms with van der Waals surface area (Å²) in [6.07, 6.45) is 7.26. The maximum Gasteiger partial charge on any atom is 0.332 e. The number of aryl methyl sites for hydroxylation is 1. The topological polar surface area (TPSA) is 53.6 Å². The standard InChI is InChI=1S/C30H30ClFN4O2/c1-33-10-15-36(30(33)38)28-9-8-21(17-27(28)31)26-19-22(32)18-25(29(26)37)20-4-2-7-24(16-20)35-13-11-34(12-14-35)23-5-3-6-23/h2,4,7-10,15-19,23,37H,3,5-6,11-14H2,1H3. The predicted octanol–water partition coefficient (Wildman–Crippen LogP) is 5.68. The maximum absolute atomic E-state index is 14.9. The number of phenolic OH excluding ortho intramolecular Hbond substituents is 1. The average molecular weight is 533 g/mol. The largest absolute Gasteiger partial charge is 0.507 e. The third-order valence-electron chi connectivity index (χ3n) is 7.97. The van der Waals surface area contributed by atoms with Crippen LogP contribution >= 0.6 is 11.6 Å². The molecule has 2 heterocycles. The molecular formula is C30H30ClFN4O2. The molecule has 0 spiro atoms. The number of aromatic nitrogens is 2. The van der Waals surface area contributed by atoms with Gasteiger partial charge in [-0.2, -0.15) is 0 Å². The molecule has 196 valence electrons. The van der Waals surface area contributed by atoms with E-state index < -0.39 is 5.82 Å². The molecule has 0 radical (unpaired) electrons. The first-order valence-electron chi connectivity index (χ1n) is 13.1. The van der Waals surface area contributed by atoms with E-state index in [4.69, 9.17) is 11.6 Å². The Kier molecular flexibility index (Phi) is 6.50. The number of hydrogen-bond acceptors (Lipinski definition) is 4. The van der Waals surface area contributed by atoms with E-state index in [1.165, 1.54) is 40.5 Å². The summed E-state index contributed by atoms with van der Waals surface area (Å²) < 4.78 is 17.8. The highest BCUT2D eigenvalue weighted by atomic mass is 35.5. The smallest absolute Gasteiger partial charge is 0.332 e. The van der Waals surface area contributed by atoms with E-state index in [1.54, 1.807) is 37.6 Å². The van der Waals surface area contributed by atoms with Gasteiger partial charge in [0, 0.05) is 68.5 Å². The van der Waals surface area contributed by atoms with Crippen LogP contribution in [-0.2, 0) is 7.05 Å². The fourth-order valence-corrected chi connectivity index (χ4v) is 5.80. The summed E-state index contributed by atoms with van der Waals surface area (Å²) >= 11 is 6.54. The van der Waals surface area contributed by atoms with Crippen LogP contribution in [0.3, 0.4) is 0 Å². The molecule has 1 saturated heterocycles. The van der Waals surface area contributed by atoms with Gasteiger partial charge in [-0.1, -0.05) is 36.2 Å². The molecule has 0 bridgehead atoms. The molecule has 0 atom stereocenters. The number of phenols is 1. The summed E-state index contributed by atoms with van der Waals surface area (Å²) in [7, 11) is 1.66. The van der Waals surface area contributed by atoms with E-state index in [2.05, 4.69) is 15.9 Å². The zero-order valence-electron chi connectivity index (χ0n) is 21.3. The van der Waals surface area contributed by atoms with E-state index in [0.717, 1.165) is 43.5 Å². The van der Waals surface area contributed by atoms with Gasteiger partial charge in [-0.3, -0.25) is 9.47 Å². The van der Waals surface area contributed by atoms with E-state index in [9.17, 15) is 14.3 Å². The Morgan fingerprint density at radius 2 is 1.63 bits per heavy atom. The van der Waals surface area contributed by atoms with Gasteiger partial charge in [-0.05, 0) is 60.4 Å². The van der Waals surface area contributed by atoms with Gasteiger partial charge in [0.15, 0.2) is 0 Å². The Bertz CT molecular complexity index is 1550. The number of aromatic hydroxyl groups is 1. The normalized spacial score (nSPS) is 16.6. The number of piperazine rings is 1. The molecule has 6 nitrogen and oxygen atoms in total. The summed E-state index contributed by atoms with van der Waals surface area (Å²) in [5.74, 6) is -0.467. The molecule has 0 unspecified atom stereocenters. The van der Waals surface area contributed by atoms with Crippen LogP contribution < -0.4 is 10.6 Å². The van der Waals surface area contributed by atoms with Crippen LogP contribution in [-0.4, -0.2) is 51.4 Å². The second-order valence-electron chi connectivity index (χ2n) is 10.2. The predicted molar refractivity (Wildman–Crippen MR) is 150 cm³/mol. The van der Waals surface area contributed by atoms with Gasteiger partial charge < -0.3 is 14.6 Å². The minimum absolute atomic E-state index is 0.0148. The molecule has 3 aromatic carbocycles. The summed E-state index contributed by atoms with van der Waals surface area (Å²) in [5.41, 5.74) is 3.44. The molecule has 38 heavy (non-hydrogen) atoms. The number of halogens is 2. The van der Waals surface area contributed by atoms with Crippen LogP contribution in [0.25, 0.3) is 27.9 Å². The number of rotatable bonds is 5. The van der Waals surface area contributed by atoms with Crippen molar-refractivity contribution >= 4 is 17.3 Å². The van der Waals surface area contributed by atoms with Crippen molar-refractivity contribution in [2.24, 2.45) is 7.05 Å². The zero-order valence-corrected chi connectivity index (χ0v) is 22.0. The Morgan fingerprint density at radius 3 is 2.24 bits per heavy atom. The SMILES string of the molecule is Cn1ccn(-c2ccc(-c3cc(F)cc(-c4cccc(N5CCN(C6CCC6)CC5)c4)c3O)cc2Cl)c1=O. The van der Waals surface area contributed by atoms with Crippen LogP contribution in [0.5, 0.6) is 5.75 Å². The van der Waals surface area contributed by atoms with E-state index >= 15 is 0 Å². The van der Waals surface area contributed by atoms with Crippen LogP contribution in [0, 0.1) is 5.82 Å². The molecule has 1 saturated carbocycles. The monoisotopic (exact) mass is 532 g/mol. The lowest BCUT2D eigenvalue weighted by Gasteiger charge is -2.43. The van der Waals surface area contributed by atoms with Crippen molar-refractivity contribution in [2.75, 3.05) is 31.1 Å². The number of imidazole rings is 1. The Morgan fingerprint density at radius 1 is 0.921 bits per heavy atom.